The second kappa shape index (κ2) is 13.9. The zero-order valence-corrected chi connectivity index (χ0v) is 16.4. The van der Waals surface area contributed by atoms with Gasteiger partial charge in [-0.05, 0) is 31.6 Å². The predicted octanol–water partition coefficient (Wildman–Crippen LogP) is 2.67. The first-order valence-corrected chi connectivity index (χ1v) is 10.1. The summed E-state index contributed by atoms with van der Waals surface area (Å²) in [6.45, 7) is 3.00. The SMILES string of the molecule is CCCCCOCC(O)/C=C\[C@H]1C(O)CC(O)C1C/C=C\CCCC(=O)O. The number of carboxylic acid groups (broad SMARTS) is 1. The Hall–Kier alpha value is -1.21. The molecule has 0 bridgehead atoms. The van der Waals surface area contributed by atoms with Crippen molar-refractivity contribution in [3.63, 3.8) is 0 Å². The molecule has 0 aromatic heterocycles. The van der Waals surface area contributed by atoms with Gasteiger partial charge in [-0.2, -0.15) is 0 Å². The van der Waals surface area contributed by atoms with E-state index in [9.17, 15) is 20.1 Å². The highest BCUT2D eigenvalue weighted by Gasteiger charge is 2.39. The molecule has 0 aliphatic heterocycles. The Morgan fingerprint density at radius 3 is 2.67 bits per heavy atom. The average molecular weight is 385 g/mol. The van der Waals surface area contributed by atoms with Gasteiger partial charge in [-0.3, -0.25) is 4.79 Å². The van der Waals surface area contributed by atoms with Gasteiger partial charge in [-0.15, -0.1) is 0 Å². The minimum absolute atomic E-state index is 0.107. The quantitative estimate of drug-likeness (QED) is 0.271. The van der Waals surface area contributed by atoms with Crippen molar-refractivity contribution in [2.75, 3.05) is 13.2 Å². The van der Waals surface area contributed by atoms with Crippen LogP contribution in [0, 0.1) is 11.8 Å². The number of unbranched alkanes of at least 4 members (excludes halogenated alkanes) is 3. The van der Waals surface area contributed by atoms with Gasteiger partial charge in [0.1, 0.15) is 0 Å². The molecule has 4 unspecified atom stereocenters. The fourth-order valence-corrected chi connectivity index (χ4v) is 3.42. The van der Waals surface area contributed by atoms with Crippen molar-refractivity contribution in [1.82, 2.24) is 0 Å². The van der Waals surface area contributed by atoms with Gasteiger partial charge in [0.15, 0.2) is 0 Å². The molecule has 156 valence electrons. The zero-order valence-electron chi connectivity index (χ0n) is 16.4. The molecule has 0 aromatic rings. The lowest BCUT2D eigenvalue weighted by atomic mass is 9.89. The summed E-state index contributed by atoms with van der Waals surface area (Å²) in [5.74, 6) is -1.11. The zero-order chi connectivity index (χ0) is 20.1. The maximum Gasteiger partial charge on any atom is 0.303 e. The molecule has 0 radical (unpaired) electrons. The van der Waals surface area contributed by atoms with Crippen LogP contribution in [-0.2, 0) is 9.53 Å². The molecule has 4 N–H and O–H groups in total. The minimum atomic E-state index is -0.796. The van der Waals surface area contributed by atoms with Crippen molar-refractivity contribution >= 4 is 5.97 Å². The molecule has 1 fully saturated rings. The van der Waals surface area contributed by atoms with E-state index in [1.165, 1.54) is 0 Å². The second-order valence-corrected chi connectivity index (χ2v) is 7.34. The molecule has 1 rings (SSSR count). The van der Waals surface area contributed by atoms with E-state index in [4.69, 9.17) is 9.84 Å². The number of ether oxygens (including phenoxy) is 1. The summed E-state index contributed by atoms with van der Waals surface area (Å²) >= 11 is 0. The van der Waals surface area contributed by atoms with Crippen LogP contribution in [0.25, 0.3) is 0 Å². The molecule has 6 nitrogen and oxygen atoms in total. The molecular weight excluding hydrogens is 348 g/mol. The van der Waals surface area contributed by atoms with Crippen LogP contribution < -0.4 is 0 Å². The lowest BCUT2D eigenvalue weighted by Crippen LogP contribution is -2.21. The minimum Gasteiger partial charge on any atom is -0.481 e. The Bertz CT molecular complexity index is 462. The van der Waals surface area contributed by atoms with E-state index in [2.05, 4.69) is 6.92 Å². The van der Waals surface area contributed by atoms with Crippen LogP contribution in [0.3, 0.4) is 0 Å². The van der Waals surface area contributed by atoms with Crippen molar-refractivity contribution < 1.29 is 30.0 Å². The maximum absolute atomic E-state index is 10.5. The summed E-state index contributed by atoms with van der Waals surface area (Å²) in [4.78, 5) is 10.5. The highest BCUT2D eigenvalue weighted by Crippen LogP contribution is 2.36. The van der Waals surface area contributed by atoms with Gasteiger partial charge in [0, 0.05) is 25.4 Å². The molecule has 0 aromatic carbocycles. The largest absolute Gasteiger partial charge is 0.481 e. The first-order valence-electron chi connectivity index (χ1n) is 10.1. The third kappa shape index (κ3) is 10.1. The first-order chi connectivity index (χ1) is 13.0. The fraction of sp³-hybridized carbons (Fsp3) is 0.762. The Morgan fingerprint density at radius 2 is 1.96 bits per heavy atom. The monoisotopic (exact) mass is 384 g/mol. The van der Waals surface area contributed by atoms with Crippen molar-refractivity contribution in [2.45, 2.75) is 76.6 Å². The lowest BCUT2D eigenvalue weighted by Gasteiger charge is -2.19. The van der Waals surface area contributed by atoms with E-state index in [1.54, 1.807) is 12.2 Å². The molecule has 5 atom stereocenters. The molecular formula is C21H36O6. The van der Waals surface area contributed by atoms with Gasteiger partial charge in [-0.25, -0.2) is 0 Å². The molecule has 0 saturated heterocycles. The summed E-state index contributed by atoms with van der Waals surface area (Å²) in [6.07, 6.45) is 11.0. The topological polar surface area (TPSA) is 107 Å². The summed E-state index contributed by atoms with van der Waals surface area (Å²) < 4.78 is 5.44. The van der Waals surface area contributed by atoms with Gasteiger partial charge < -0.3 is 25.2 Å². The predicted molar refractivity (Wildman–Crippen MR) is 104 cm³/mol. The first kappa shape index (κ1) is 23.8. The van der Waals surface area contributed by atoms with Crippen molar-refractivity contribution in [3.05, 3.63) is 24.3 Å². The van der Waals surface area contributed by atoms with Crippen LogP contribution in [0.1, 0.15) is 58.3 Å². The van der Waals surface area contributed by atoms with Gasteiger partial charge in [0.25, 0.3) is 0 Å². The van der Waals surface area contributed by atoms with Crippen LogP contribution in [0.15, 0.2) is 24.3 Å². The highest BCUT2D eigenvalue weighted by atomic mass is 16.5. The summed E-state index contributed by atoms with van der Waals surface area (Å²) in [5, 5.41) is 39.0. The van der Waals surface area contributed by atoms with E-state index >= 15 is 0 Å². The van der Waals surface area contributed by atoms with E-state index in [-0.39, 0.29) is 24.9 Å². The second-order valence-electron chi connectivity index (χ2n) is 7.34. The van der Waals surface area contributed by atoms with Crippen molar-refractivity contribution in [3.8, 4) is 0 Å². The molecule has 6 heteroatoms. The third-order valence-electron chi connectivity index (χ3n) is 4.99. The third-order valence-corrected chi connectivity index (χ3v) is 4.99. The number of hydrogen-bond acceptors (Lipinski definition) is 5. The maximum atomic E-state index is 10.5. The number of hydrogen-bond donors (Lipinski definition) is 4. The highest BCUT2D eigenvalue weighted by molar-refractivity contribution is 5.66. The molecule has 0 amide bonds. The molecule has 0 spiro atoms. The Kier molecular flexibility index (Phi) is 12.3. The molecule has 1 aliphatic carbocycles. The molecule has 1 aliphatic rings. The number of aliphatic hydroxyl groups is 3. The summed E-state index contributed by atoms with van der Waals surface area (Å²) in [7, 11) is 0. The van der Waals surface area contributed by atoms with E-state index < -0.39 is 24.3 Å². The van der Waals surface area contributed by atoms with E-state index in [0.717, 1.165) is 19.3 Å². The Morgan fingerprint density at radius 1 is 1.19 bits per heavy atom. The number of aliphatic hydroxyl groups excluding tert-OH is 3. The van der Waals surface area contributed by atoms with Crippen LogP contribution in [0.4, 0.5) is 0 Å². The number of allylic oxidation sites excluding steroid dienone is 2. The molecule has 1 saturated carbocycles. The van der Waals surface area contributed by atoms with Crippen molar-refractivity contribution in [2.24, 2.45) is 11.8 Å². The Labute approximate surface area is 162 Å². The number of aliphatic carboxylic acids is 1. The fourth-order valence-electron chi connectivity index (χ4n) is 3.42. The standard InChI is InChI=1S/C21H36O6/c1-2-3-8-13-27-15-16(22)11-12-18-17(19(23)14-20(18)24)9-6-4-5-7-10-21(25)26/h4,6,11-12,16-20,22-24H,2-3,5,7-10,13-15H2,1H3,(H,25,26)/b6-4-,12-11-/t16?,17?,18-,19?,20?/m1/s1. The number of carboxylic acids is 1. The van der Waals surface area contributed by atoms with E-state index in [0.29, 0.717) is 32.3 Å². The van der Waals surface area contributed by atoms with Crippen LogP contribution in [-0.4, -0.2) is 57.9 Å². The lowest BCUT2D eigenvalue weighted by molar-refractivity contribution is -0.137. The number of carbonyl (C=O) groups is 1. The van der Waals surface area contributed by atoms with Gasteiger partial charge in [-0.1, -0.05) is 44.1 Å². The average Bonchev–Trinajstić information content (AvgIpc) is 2.88. The summed E-state index contributed by atoms with van der Waals surface area (Å²) in [5.41, 5.74) is 0. The van der Waals surface area contributed by atoms with Crippen LogP contribution in [0.2, 0.25) is 0 Å². The van der Waals surface area contributed by atoms with Gasteiger partial charge >= 0.3 is 5.97 Å². The van der Waals surface area contributed by atoms with Crippen LogP contribution in [0.5, 0.6) is 0 Å². The van der Waals surface area contributed by atoms with E-state index in [1.807, 2.05) is 12.2 Å². The van der Waals surface area contributed by atoms with Crippen molar-refractivity contribution in [1.29, 1.82) is 0 Å². The smallest absolute Gasteiger partial charge is 0.303 e. The van der Waals surface area contributed by atoms with Gasteiger partial charge in [0.05, 0.1) is 24.9 Å². The Balaban J connectivity index is 2.41. The normalized spacial score (nSPS) is 27.0. The molecule has 27 heavy (non-hydrogen) atoms. The molecule has 0 heterocycles. The summed E-state index contributed by atoms with van der Waals surface area (Å²) in [6, 6.07) is 0. The van der Waals surface area contributed by atoms with Crippen LogP contribution >= 0.6 is 0 Å². The van der Waals surface area contributed by atoms with Gasteiger partial charge in [0.2, 0.25) is 0 Å². The number of rotatable bonds is 14.